The zero-order valence-electron chi connectivity index (χ0n) is 17.3. The zero-order chi connectivity index (χ0) is 20.7. The van der Waals surface area contributed by atoms with Crippen molar-refractivity contribution in [1.29, 1.82) is 0 Å². The molecule has 0 aromatic heterocycles. The van der Waals surface area contributed by atoms with Crippen LogP contribution in [0.4, 0.5) is 11.4 Å². The van der Waals surface area contributed by atoms with E-state index in [1.807, 2.05) is 43.0 Å². The maximum Gasteiger partial charge on any atom is 0.226 e. The summed E-state index contributed by atoms with van der Waals surface area (Å²) in [6.45, 7) is 11.3. The lowest BCUT2D eigenvalue weighted by molar-refractivity contribution is -0.132. The number of hydrogen-bond acceptors (Lipinski definition) is 4. The predicted octanol–water partition coefficient (Wildman–Crippen LogP) is 3.24. The van der Waals surface area contributed by atoms with Crippen molar-refractivity contribution in [2.75, 3.05) is 36.4 Å². The van der Waals surface area contributed by atoms with Crippen molar-refractivity contribution < 1.29 is 9.59 Å². The van der Waals surface area contributed by atoms with Crippen LogP contribution in [0.25, 0.3) is 0 Å². The zero-order valence-corrected chi connectivity index (χ0v) is 18.1. The predicted molar refractivity (Wildman–Crippen MR) is 119 cm³/mol. The number of thiocarbonyl (C=S) groups is 1. The number of carbonyl (C=O) groups is 2. The van der Waals surface area contributed by atoms with Crippen molar-refractivity contribution in [3.8, 4) is 0 Å². The number of benzene rings is 1. The summed E-state index contributed by atoms with van der Waals surface area (Å²) in [7, 11) is 0. The van der Waals surface area contributed by atoms with Crippen molar-refractivity contribution in [1.82, 2.24) is 10.2 Å². The first-order chi connectivity index (χ1) is 13.2. The van der Waals surface area contributed by atoms with Gasteiger partial charge in [0.1, 0.15) is 0 Å². The molecule has 1 saturated heterocycles. The molecule has 6 nitrogen and oxygen atoms in total. The van der Waals surface area contributed by atoms with E-state index in [1.54, 1.807) is 0 Å². The highest BCUT2D eigenvalue weighted by Crippen LogP contribution is 2.20. The van der Waals surface area contributed by atoms with Crippen LogP contribution in [0.3, 0.4) is 0 Å². The van der Waals surface area contributed by atoms with Crippen LogP contribution in [0.1, 0.15) is 40.5 Å². The van der Waals surface area contributed by atoms with E-state index in [-0.39, 0.29) is 11.8 Å². The molecule has 0 atom stereocenters. The number of rotatable bonds is 6. The second-order valence-corrected chi connectivity index (χ2v) is 8.52. The van der Waals surface area contributed by atoms with Crippen LogP contribution in [0.5, 0.6) is 0 Å². The average molecular weight is 405 g/mol. The van der Waals surface area contributed by atoms with E-state index in [2.05, 4.69) is 29.4 Å². The molecule has 7 heteroatoms. The minimum Gasteiger partial charge on any atom is -0.368 e. The van der Waals surface area contributed by atoms with Crippen LogP contribution < -0.4 is 15.5 Å². The Morgan fingerprint density at radius 1 is 0.964 bits per heavy atom. The quantitative estimate of drug-likeness (QED) is 0.713. The Kier molecular flexibility index (Phi) is 8.23. The Balaban J connectivity index is 1.82. The first-order valence-corrected chi connectivity index (χ1v) is 10.4. The van der Waals surface area contributed by atoms with Crippen LogP contribution in [-0.4, -0.2) is 48.0 Å². The van der Waals surface area contributed by atoms with Crippen LogP contribution >= 0.6 is 12.2 Å². The molecule has 1 aliphatic heterocycles. The van der Waals surface area contributed by atoms with Gasteiger partial charge in [-0.05, 0) is 48.3 Å². The Bertz CT molecular complexity index is 680. The van der Waals surface area contributed by atoms with E-state index in [0.29, 0.717) is 29.8 Å². The molecule has 0 spiro atoms. The van der Waals surface area contributed by atoms with Crippen molar-refractivity contribution in [3.63, 3.8) is 0 Å². The molecule has 0 unspecified atom stereocenters. The van der Waals surface area contributed by atoms with Crippen LogP contribution in [0, 0.1) is 11.8 Å². The fourth-order valence-corrected chi connectivity index (χ4v) is 3.39. The summed E-state index contributed by atoms with van der Waals surface area (Å²) in [5, 5.41) is 6.06. The number of amides is 2. The Hall–Kier alpha value is -2.15. The lowest BCUT2D eigenvalue weighted by Crippen LogP contribution is -2.49. The van der Waals surface area contributed by atoms with Crippen LogP contribution in [0.15, 0.2) is 24.3 Å². The van der Waals surface area contributed by atoms with E-state index >= 15 is 0 Å². The van der Waals surface area contributed by atoms with E-state index in [4.69, 9.17) is 12.2 Å². The molecule has 154 valence electrons. The van der Waals surface area contributed by atoms with E-state index in [1.165, 1.54) is 0 Å². The number of nitrogens with one attached hydrogen (secondary N) is 2. The molecule has 0 radical (unpaired) electrons. The molecule has 2 N–H and O–H groups in total. The van der Waals surface area contributed by atoms with Crippen molar-refractivity contribution in [2.24, 2.45) is 11.8 Å². The van der Waals surface area contributed by atoms with Gasteiger partial charge in [-0.25, -0.2) is 0 Å². The Morgan fingerprint density at radius 3 is 2.07 bits per heavy atom. The molecule has 0 saturated carbocycles. The van der Waals surface area contributed by atoms with Crippen molar-refractivity contribution >= 4 is 40.5 Å². The smallest absolute Gasteiger partial charge is 0.226 e. The molecule has 1 fully saturated rings. The minimum atomic E-state index is -0.0750. The summed E-state index contributed by atoms with van der Waals surface area (Å²) < 4.78 is 0. The van der Waals surface area contributed by atoms with Crippen LogP contribution in [0.2, 0.25) is 0 Å². The van der Waals surface area contributed by atoms with Gasteiger partial charge < -0.3 is 20.4 Å². The third-order valence-corrected chi connectivity index (χ3v) is 4.76. The van der Waals surface area contributed by atoms with Gasteiger partial charge in [-0.3, -0.25) is 9.59 Å². The molecule has 1 aliphatic rings. The van der Waals surface area contributed by atoms with E-state index in [9.17, 15) is 9.59 Å². The third kappa shape index (κ3) is 7.11. The van der Waals surface area contributed by atoms with Gasteiger partial charge in [0.15, 0.2) is 5.11 Å². The second-order valence-electron chi connectivity index (χ2n) is 8.11. The van der Waals surface area contributed by atoms with Crippen molar-refractivity contribution in [3.05, 3.63) is 24.3 Å². The number of anilines is 2. The molecule has 0 bridgehead atoms. The van der Waals surface area contributed by atoms with Gasteiger partial charge in [0.25, 0.3) is 0 Å². The number of hydrogen-bond donors (Lipinski definition) is 2. The van der Waals surface area contributed by atoms with Gasteiger partial charge in [-0.1, -0.05) is 27.7 Å². The highest BCUT2D eigenvalue weighted by atomic mass is 32.1. The fourth-order valence-electron chi connectivity index (χ4n) is 3.16. The van der Waals surface area contributed by atoms with Gasteiger partial charge >= 0.3 is 0 Å². The maximum absolute atomic E-state index is 12.2. The van der Waals surface area contributed by atoms with Gasteiger partial charge in [0.2, 0.25) is 11.8 Å². The third-order valence-electron chi connectivity index (χ3n) is 4.55. The highest BCUT2D eigenvalue weighted by Gasteiger charge is 2.21. The molecule has 2 amide bonds. The van der Waals surface area contributed by atoms with E-state index in [0.717, 1.165) is 37.6 Å². The normalized spacial score (nSPS) is 14.4. The first-order valence-electron chi connectivity index (χ1n) is 9.98. The van der Waals surface area contributed by atoms with Gasteiger partial charge in [0, 0.05) is 50.4 Å². The molecule has 28 heavy (non-hydrogen) atoms. The number of carbonyl (C=O) groups excluding carboxylic acids is 2. The maximum atomic E-state index is 12.2. The lowest BCUT2D eigenvalue weighted by Gasteiger charge is -2.36. The molecule has 2 rings (SSSR count). The second kappa shape index (κ2) is 10.4. The van der Waals surface area contributed by atoms with Gasteiger partial charge in [-0.2, -0.15) is 0 Å². The summed E-state index contributed by atoms with van der Waals surface area (Å²) >= 11 is 5.20. The first kappa shape index (κ1) is 22.1. The Morgan fingerprint density at radius 2 is 1.54 bits per heavy atom. The summed E-state index contributed by atoms with van der Waals surface area (Å²) in [5.41, 5.74) is 1.96. The standard InChI is InChI=1S/C21H32N4O2S/c1-15(2)13-19(26)23-21(28)22-17-5-7-18(8-6-17)24-9-11-25(12-10-24)20(27)14-16(3)4/h5-8,15-16H,9-14H2,1-4H3,(H2,22,23,26,28). The monoisotopic (exact) mass is 404 g/mol. The highest BCUT2D eigenvalue weighted by molar-refractivity contribution is 7.80. The summed E-state index contributed by atoms with van der Waals surface area (Å²) in [5.74, 6) is 0.867. The number of piperazine rings is 1. The molecular weight excluding hydrogens is 372 g/mol. The minimum absolute atomic E-state index is 0.0750. The topological polar surface area (TPSA) is 64.7 Å². The SMILES string of the molecule is CC(C)CC(=O)NC(=S)Nc1ccc(N2CCN(C(=O)CC(C)C)CC2)cc1. The fraction of sp³-hybridized carbons (Fsp3) is 0.571. The molecule has 1 aromatic rings. The summed E-state index contributed by atoms with van der Waals surface area (Å²) in [6, 6.07) is 7.97. The largest absolute Gasteiger partial charge is 0.368 e. The number of nitrogens with zero attached hydrogens (tertiary/aromatic N) is 2. The van der Waals surface area contributed by atoms with Gasteiger partial charge in [0.05, 0.1) is 0 Å². The molecule has 1 heterocycles. The van der Waals surface area contributed by atoms with Crippen molar-refractivity contribution in [2.45, 2.75) is 40.5 Å². The molecule has 0 aliphatic carbocycles. The summed E-state index contributed by atoms with van der Waals surface area (Å²) in [6.07, 6.45) is 1.07. The lowest BCUT2D eigenvalue weighted by atomic mass is 10.1. The van der Waals surface area contributed by atoms with Crippen LogP contribution in [-0.2, 0) is 9.59 Å². The van der Waals surface area contributed by atoms with E-state index < -0.39 is 0 Å². The average Bonchev–Trinajstić information content (AvgIpc) is 2.61. The molecule has 1 aromatic carbocycles. The Labute approximate surface area is 173 Å². The molecular formula is C21H32N4O2S. The summed E-state index contributed by atoms with van der Waals surface area (Å²) in [4.78, 5) is 28.2. The van der Waals surface area contributed by atoms with Gasteiger partial charge in [-0.15, -0.1) is 0 Å².